The molecule has 0 aliphatic rings. The number of methoxy groups -OCH3 is 1. The molecule has 19 heavy (non-hydrogen) atoms. The fourth-order valence-corrected chi connectivity index (χ4v) is 1.49. The lowest BCUT2D eigenvalue weighted by Crippen LogP contribution is -2.47. The molecule has 112 valence electrons. The molecule has 0 radical (unpaired) electrons. The highest BCUT2D eigenvalue weighted by Crippen LogP contribution is 2.12. The van der Waals surface area contributed by atoms with E-state index in [1.165, 1.54) is 0 Å². The van der Waals surface area contributed by atoms with Crippen LogP contribution in [0.2, 0.25) is 0 Å². The highest BCUT2D eigenvalue weighted by atomic mass is 16.6. The van der Waals surface area contributed by atoms with E-state index >= 15 is 0 Å². The van der Waals surface area contributed by atoms with E-state index in [-0.39, 0.29) is 17.8 Å². The van der Waals surface area contributed by atoms with Crippen LogP contribution in [-0.2, 0) is 19.1 Å². The van der Waals surface area contributed by atoms with Gasteiger partial charge < -0.3 is 14.8 Å². The van der Waals surface area contributed by atoms with Crippen LogP contribution in [0, 0.1) is 5.92 Å². The largest absolute Gasteiger partial charge is 0.458 e. The van der Waals surface area contributed by atoms with Gasteiger partial charge in [0.1, 0.15) is 11.6 Å². The van der Waals surface area contributed by atoms with Crippen LogP contribution in [0.3, 0.4) is 0 Å². The standard InChI is InChI=1S/C14H27NO4/c1-10(2)12(13(17)19-14(3,4)5)15-11(16)8-7-9-18-6/h10,12H,7-9H2,1-6H3,(H,15,16)/t12-/m0/s1. The molecular formula is C14H27NO4. The van der Waals surface area contributed by atoms with Crippen LogP contribution in [0.1, 0.15) is 47.5 Å². The maximum atomic E-state index is 12.0. The maximum Gasteiger partial charge on any atom is 0.329 e. The normalized spacial score (nSPS) is 13.2. The van der Waals surface area contributed by atoms with Crippen molar-refractivity contribution >= 4 is 11.9 Å². The van der Waals surface area contributed by atoms with Crippen molar-refractivity contribution in [3.05, 3.63) is 0 Å². The number of carbonyl (C=O) groups is 2. The zero-order valence-electron chi connectivity index (χ0n) is 12.9. The molecule has 0 aliphatic carbocycles. The Bertz CT molecular complexity index is 294. The highest BCUT2D eigenvalue weighted by Gasteiger charge is 2.28. The van der Waals surface area contributed by atoms with Crippen molar-refractivity contribution in [1.82, 2.24) is 5.32 Å². The summed E-state index contributed by atoms with van der Waals surface area (Å²) in [4.78, 5) is 23.7. The fourth-order valence-electron chi connectivity index (χ4n) is 1.49. The summed E-state index contributed by atoms with van der Waals surface area (Å²) in [6.07, 6.45) is 0.987. The summed E-state index contributed by atoms with van der Waals surface area (Å²) >= 11 is 0. The van der Waals surface area contributed by atoms with Gasteiger partial charge in [-0.3, -0.25) is 4.79 Å². The third-order valence-electron chi connectivity index (χ3n) is 2.40. The Balaban J connectivity index is 4.41. The van der Waals surface area contributed by atoms with Crippen molar-refractivity contribution in [3.63, 3.8) is 0 Å². The Morgan fingerprint density at radius 1 is 1.21 bits per heavy atom. The van der Waals surface area contributed by atoms with Gasteiger partial charge in [0.15, 0.2) is 0 Å². The molecule has 0 aliphatic heterocycles. The second-order valence-corrected chi connectivity index (χ2v) is 5.92. The van der Waals surface area contributed by atoms with Gasteiger partial charge in [0, 0.05) is 20.1 Å². The zero-order chi connectivity index (χ0) is 15.1. The number of nitrogens with one attached hydrogen (secondary N) is 1. The van der Waals surface area contributed by atoms with Gasteiger partial charge in [0.05, 0.1) is 0 Å². The summed E-state index contributed by atoms with van der Waals surface area (Å²) < 4.78 is 10.2. The Morgan fingerprint density at radius 3 is 2.21 bits per heavy atom. The third-order valence-corrected chi connectivity index (χ3v) is 2.40. The van der Waals surface area contributed by atoms with Gasteiger partial charge in [-0.25, -0.2) is 4.79 Å². The zero-order valence-corrected chi connectivity index (χ0v) is 12.9. The van der Waals surface area contributed by atoms with Crippen LogP contribution >= 0.6 is 0 Å². The molecular weight excluding hydrogens is 246 g/mol. The minimum atomic E-state index is -0.603. The molecule has 5 nitrogen and oxygen atoms in total. The first-order chi connectivity index (χ1) is 8.67. The second-order valence-electron chi connectivity index (χ2n) is 5.92. The van der Waals surface area contributed by atoms with Crippen LogP contribution < -0.4 is 5.32 Å². The number of ether oxygens (including phenoxy) is 2. The van der Waals surface area contributed by atoms with E-state index < -0.39 is 11.6 Å². The minimum absolute atomic E-state index is 0.0128. The Labute approximate surface area is 116 Å². The molecule has 0 aromatic rings. The Hall–Kier alpha value is -1.10. The topological polar surface area (TPSA) is 64.6 Å². The summed E-state index contributed by atoms with van der Waals surface area (Å²) in [7, 11) is 1.59. The quantitative estimate of drug-likeness (QED) is 0.568. The fraction of sp³-hybridized carbons (Fsp3) is 0.857. The number of rotatable bonds is 7. The molecule has 0 heterocycles. The van der Waals surface area contributed by atoms with Crippen LogP contribution in [0.25, 0.3) is 0 Å². The van der Waals surface area contributed by atoms with E-state index in [0.29, 0.717) is 19.4 Å². The molecule has 0 rings (SSSR count). The van der Waals surface area contributed by atoms with Gasteiger partial charge in [0.25, 0.3) is 0 Å². The van der Waals surface area contributed by atoms with Crippen LogP contribution in [0.5, 0.6) is 0 Å². The van der Waals surface area contributed by atoms with Gasteiger partial charge in [0.2, 0.25) is 5.91 Å². The van der Waals surface area contributed by atoms with Gasteiger partial charge in [-0.2, -0.15) is 0 Å². The minimum Gasteiger partial charge on any atom is -0.458 e. The van der Waals surface area contributed by atoms with Crippen molar-refractivity contribution in [1.29, 1.82) is 0 Å². The average molecular weight is 273 g/mol. The summed E-state index contributed by atoms with van der Waals surface area (Å²) in [5.74, 6) is -0.551. The number of hydrogen-bond donors (Lipinski definition) is 1. The van der Waals surface area contributed by atoms with Gasteiger partial charge in [-0.05, 0) is 33.1 Å². The first-order valence-electron chi connectivity index (χ1n) is 6.68. The van der Waals surface area contributed by atoms with E-state index in [1.807, 2.05) is 34.6 Å². The molecule has 5 heteroatoms. The van der Waals surface area contributed by atoms with Gasteiger partial charge in [-0.1, -0.05) is 13.8 Å². The number of amides is 1. The summed E-state index contributed by atoms with van der Waals surface area (Å²) in [6.45, 7) is 9.72. The van der Waals surface area contributed by atoms with Crippen molar-refractivity contribution in [3.8, 4) is 0 Å². The Kier molecular flexibility index (Phi) is 7.68. The molecule has 0 unspecified atom stereocenters. The first kappa shape index (κ1) is 17.9. The van der Waals surface area contributed by atoms with Crippen LogP contribution in [0.15, 0.2) is 0 Å². The highest BCUT2D eigenvalue weighted by molar-refractivity contribution is 5.84. The molecule has 0 saturated heterocycles. The molecule has 0 bridgehead atoms. The lowest BCUT2D eigenvalue weighted by molar-refractivity contribution is -0.160. The summed E-state index contributed by atoms with van der Waals surface area (Å²) in [6, 6.07) is -0.603. The van der Waals surface area contributed by atoms with Crippen molar-refractivity contribution in [2.75, 3.05) is 13.7 Å². The third kappa shape index (κ3) is 8.59. The predicted octanol–water partition coefficient (Wildman–Crippen LogP) is 1.90. The van der Waals surface area contributed by atoms with Gasteiger partial charge >= 0.3 is 5.97 Å². The first-order valence-corrected chi connectivity index (χ1v) is 6.68. The molecule has 1 amide bonds. The van der Waals surface area contributed by atoms with E-state index in [9.17, 15) is 9.59 Å². The lowest BCUT2D eigenvalue weighted by Gasteiger charge is -2.26. The molecule has 1 atom stereocenters. The molecule has 0 saturated carbocycles. The van der Waals surface area contributed by atoms with Crippen molar-refractivity contribution in [2.45, 2.75) is 59.1 Å². The van der Waals surface area contributed by atoms with E-state index in [1.54, 1.807) is 7.11 Å². The number of esters is 1. The Morgan fingerprint density at radius 2 is 1.79 bits per heavy atom. The summed E-state index contributed by atoms with van der Waals surface area (Å²) in [5, 5.41) is 2.73. The van der Waals surface area contributed by atoms with Crippen molar-refractivity contribution < 1.29 is 19.1 Å². The second kappa shape index (κ2) is 8.15. The smallest absolute Gasteiger partial charge is 0.329 e. The molecule has 1 N–H and O–H groups in total. The van der Waals surface area contributed by atoms with Gasteiger partial charge in [-0.15, -0.1) is 0 Å². The number of hydrogen-bond acceptors (Lipinski definition) is 4. The van der Waals surface area contributed by atoms with E-state index in [0.717, 1.165) is 0 Å². The average Bonchev–Trinajstić information content (AvgIpc) is 2.23. The summed E-state index contributed by atoms with van der Waals surface area (Å²) in [5.41, 5.74) is -0.551. The van der Waals surface area contributed by atoms with E-state index in [4.69, 9.17) is 9.47 Å². The molecule has 0 fully saturated rings. The lowest BCUT2D eigenvalue weighted by atomic mass is 10.0. The number of carbonyl (C=O) groups excluding carboxylic acids is 2. The van der Waals surface area contributed by atoms with Crippen LogP contribution in [-0.4, -0.2) is 37.2 Å². The van der Waals surface area contributed by atoms with Crippen molar-refractivity contribution in [2.24, 2.45) is 5.92 Å². The SMILES string of the molecule is COCCCC(=O)N[C@H](C(=O)OC(C)(C)C)C(C)C. The molecule has 0 aromatic heterocycles. The van der Waals surface area contributed by atoms with E-state index in [2.05, 4.69) is 5.32 Å². The predicted molar refractivity (Wildman–Crippen MR) is 73.7 cm³/mol. The molecule has 0 spiro atoms. The molecule has 0 aromatic carbocycles. The van der Waals surface area contributed by atoms with Crippen LogP contribution in [0.4, 0.5) is 0 Å². The monoisotopic (exact) mass is 273 g/mol. The maximum absolute atomic E-state index is 12.0.